The van der Waals surface area contributed by atoms with Crippen LogP contribution in [0.1, 0.15) is 20.3 Å². The summed E-state index contributed by atoms with van der Waals surface area (Å²) >= 11 is 0. The van der Waals surface area contributed by atoms with Crippen molar-refractivity contribution in [2.24, 2.45) is 0 Å². The highest BCUT2D eigenvalue weighted by Gasteiger charge is 2.33. The molecular formula is C8H16N2. The lowest BCUT2D eigenvalue weighted by atomic mass is 10.4. The number of allylic oxidation sites excluding steroid dienone is 1. The topological polar surface area (TPSA) is 25.2 Å². The van der Waals surface area contributed by atoms with E-state index in [4.69, 9.17) is 0 Å². The van der Waals surface area contributed by atoms with Gasteiger partial charge >= 0.3 is 0 Å². The predicted molar refractivity (Wildman–Crippen MR) is 43.6 cm³/mol. The molecule has 2 heteroatoms. The summed E-state index contributed by atoms with van der Waals surface area (Å²) in [4.78, 5) is 2.22. The third-order valence-electron chi connectivity index (χ3n) is 1.81. The van der Waals surface area contributed by atoms with E-state index in [-0.39, 0.29) is 0 Å². The summed E-state index contributed by atoms with van der Waals surface area (Å²) in [6, 6.07) is 0.673. The summed E-state index contributed by atoms with van der Waals surface area (Å²) in [5.74, 6) is 0. The molecule has 0 spiro atoms. The van der Waals surface area contributed by atoms with E-state index in [1.165, 1.54) is 0 Å². The molecule has 0 amide bonds. The Labute approximate surface area is 62.9 Å². The smallest absolute Gasteiger partial charge is 0.0944 e. The molecule has 1 aliphatic heterocycles. The summed E-state index contributed by atoms with van der Waals surface area (Å²) in [5.41, 5.74) is 0. The maximum Gasteiger partial charge on any atom is 0.0944 e. The molecule has 2 atom stereocenters. The van der Waals surface area contributed by atoms with E-state index in [9.17, 15) is 0 Å². The Balaban J connectivity index is 2.22. The summed E-state index contributed by atoms with van der Waals surface area (Å²) in [6.07, 6.45) is 6.02. The van der Waals surface area contributed by atoms with Crippen LogP contribution in [-0.4, -0.2) is 24.2 Å². The average Bonchev–Trinajstić information content (AvgIpc) is 2.62. The van der Waals surface area contributed by atoms with Crippen molar-refractivity contribution in [3.8, 4) is 0 Å². The fraction of sp³-hybridized carbons (Fsp3) is 0.750. The van der Waals surface area contributed by atoms with Gasteiger partial charge in [0, 0.05) is 13.1 Å². The second kappa shape index (κ2) is 3.06. The molecule has 2 nitrogen and oxygen atoms in total. The van der Waals surface area contributed by atoms with E-state index < -0.39 is 0 Å². The molecular weight excluding hydrogens is 124 g/mol. The van der Waals surface area contributed by atoms with Crippen molar-refractivity contribution >= 4 is 0 Å². The van der Waals surface area contributed by atoms with Crippen molar-refractivity contribution in [1.29, 1.82) is 0 Å². The second-order valence-corrected chi connectivity index (χ2v) is 2.86. The highest BCUT2D eigenvalue weighted by atomic mass is 15.4. The molecule has 0 aromatic heterocycles. The zero-order chi connectivity index (χ0) is 7.56. The highest BCUT2D eigenvalue weighted by Crippen LogP contribution is 2.13. The first-order chi connectivity index (χ1) is 4.75. The maximum absolute atomic E-state index is 3.31. The van der Waals surface area contributed by atoms with Crippen LogP contribution < -0.4 is 5.32 Å². The van der Waals surface area contributed by atoms with Crippen molar-refractivity contribution < 1.29 is 0 Å². The van der Waals surface area contributed by atoms with Crippen LogP contribution in [0, 0.1) is 0 Å². The van der Waals surface area contributed by atoms with Gasteiger partial charge in [-0.25, -0.2) is 0 Å². The zero-order valence-corrected chi connectivity index (χ0v) is 6.96. The van der Waals surface area contributed by atoms with Gasteiger partial charge in [-0.2, -0.15) is 0 Å². The predicted octanol–water partition coefficient (Wildman–Crippen LogP) is 1.16. The molecule has 1 fully saturated rings. The van der Waals surface area contributed by atoms with Crippen molar-refractivity contribution in [2.75, 3.05) is 7.05 Å². The lowest BCUT2D eigenvalue weighted by molar-refractivity contribution is 0.430. The molecule has 1 aliphatic rings. The zero-order valence-electron chi connectivity index (χ0n) is 6.96. The Morgan fingerprint density at radius 1 is 1.60 bits per heavy atom. The van der Waals surface area contributed by atoms with Gasteiger partial charge in [-0.05, 0) is 19.5 Å². The van der Waals surface area contributed by atoms with Gasteiger partial charge in [-0.15, -0.1) is 0 Å². The first kappa shape index (κ1) is 7.61. The monoisotopic (exact) mass is 140 g/mol. The molecule has 2 unspecified atom stereocenters. The minimum Gasteiger partial charge on any atom is -0.364 e. The van der Waals surface area contributed by atoms with Crippen LogP contribution >= 0.6 is 0 Å². The van der Waals surface area contributed by atoms with Gasteiger partial charge in [0.05, 0.1) is 6.17 Å². The van der Waals surface area contributed by atoms with Crippen LogP contribution in [0.5, 0.6) is 0 Å². The van der Waals surface area contributed by atoms with E-state index in [0.717, 1.165) is 6.42 Å². The minimum atomic E-state index is 0.586. The Kier molecular flexibility index (Phi) is 2.33. The minimum absolute atomic E-state index is 0.586. The van der Waals surface area contributed by atoms with Crippen molar-refractivity contribution in [2.45, 2.75) is 32.5 Å². The van der Waals surface area contributed by atoms with E-state index >= 15 is 0 Å². The molecule has 0 radical (unpaired) electrons. The molecule has 0 bridgehead atoms. The van der Waals surface area contributed by atoms with Crippen LogP contribution in [0.15, 0.2) is 12.3 Å². The van der Waals surface area contributed by atoms with Gasteiger partial charge in [0.1, 0.15) is 0 Å². The Morgan fingerprint density at radius 2 is 2.20 bits per heavy atom. The van der Waals surface area contributed by atoms with Crippen LogP contribution in [0.4, 0.5) is 0 Å². The fourth-order valence-electron chi connectivity index (χ4n) is 1.05. The summed E-state index contributed by atoms with van der Waals surface area (Å²) < 4.78 is 0. The first-order valence-electron chi connectivity index (χ1n) is 3.90. The Bertz CT molecular complexity index is 131. The summed E-state index contributed by atoms with van der Waals surface area (Å²) in [7, 11) is 2.10. The molecule has 10 heavy (non-hydrogen) atoms. The molecule has 0 saturated carbocycles. The van der Waals surface area contributed by atoms with Gasteiger partial charge in [0.15, 0.2) is 0 Å². The molecule has 0 aromatic rings. The lowest BCUT2D eigenvalue weighted by Gasteiger charge is -2.10. The fourth-order valence-corrected chi connectivity index (χ4v) is 1.05. The van der Waals surface area contributed by atoms with Crippen LogP contribution in [0.3, 0.4) is 0 Å². The van der Waals surface area contributed by atoms with Crippen LogP contribution in [0.2, 0.25) is 0 Å². The molecule has 58 valence electrons. The lowest BCUT2D eigenvalue weighted by Crippen LogP contribution is -2.17. The van der Waals surface area contributed by atoms with E-state index in [1.54, 1.807) is 0 Å². The van der Waals surface area contributed by atoms with Gasteiger partial charge in [0.2, 0.25) is 0 Å². The second-order valence-electron chi connectivity index (χ2n) is 2.86. The molecule has 1 saturated heterocycles. The number of hydrogen-bond donors (Lipinski definition) is 1. The third kappa shape index (κ3) is 1.74. The summed E-state index contributed by atoms with van der Waals surface area (Å²) in [6.45, 7) is 4.34. The van der Waals surface area contributed by atoms with E-state index in [2.05, 4.69) is 43.4 Å². The van der Waals surface area contributed by atoms with Crippen molar-refractivity contribution in [3.63, 3.8) is 0 Å². The van der Waals surface area contributed by atoms with Crippen LogP contribution in [-0.2, 0) is 0 Å². The highest BCUT2D eigenvalue weighted by molar-refractivity contribution is 4.97. The van der Waals surface area contributed by atoms with E-state index in [0.29, 0.717) is 12.2 Å². The van der Waals surface area contributed by atoms with Crippen molar-refractivity contribution in [1.82, 2.24) is 10.2 Å². The van der Waals surface area contributed by atoms with Crippen molar-refractivity contribution in [3.05, 3.63) is 12.3 Å². The van der Waals surface area contributed by atoms with Crippen LogP contribution in [0.25, 0.3) is 0 Å². The largest absolute Gasteiger partial charge is 0.364 e. The third-order valence-corrected chi connectivity index (χ3v) is 1.81. The summed E-state index contributed by atoms with van der Waals surface area (Å²) in [5, 5.41) is 3.31. The first-order valence-corrected chi connectivity index (χ1v) is 3.90. The Hall–Kier alpha value is -0.500. The van der Waals surface area contributed by atoms with E-state index in [1.807, 2.05) is 0 Å². The normalized spacial score (nSPS) is 31.1. The van der Waals surface area contributed by atoms with Gasteiger partial charge in [0.25, 0.3) is 0 Å². The SMILES string of the molecule is CC/C=C\N(C)C1NC1C. The number of nitrogens with one attached hydrogen (secondary N) is 1. The molecule has 1 heterocycles. The number of hydrogen-bond acceptors (Lipinski definition) is 2. The molecule has 0 aromatic carbocycles. The maximum atomic E-state index is 3.31. The molecule has 1 rings (SSSR count). The van der Waals surface area contributed by atoms with Gasteiger partial charge in [-0.1, -0.05) is 13.0 Å². The van der Waals surface area contributed by atoms with Gasteiger partial charge < -0.3 is 4.90 Å². The quantitative estimate of drug-likeness (QED) is 0.595. The van der Waals surface area contributed by atoms with Gasteiger partial charge in [-0.3, -0.25) is 5.32 Å². The number of rotatable bonds is 3. The Morgan fingerprint density at radius 3 is 2.60 bits per heavy atom. The standard InChI is InChI=1S/C8H16N2/c1-4-5-6-10(3)8-7(2)9-8/h5-9H,4H2,1-3H3/b6-5-. The average molecular weight is 140 g/mol. The number of nitrogens with zero attached hydrogens (tertiary/aromatic N) is 1. The molecule has 0 aliphatic carbocycles. The number of likely N-dealkylation sites (N-methyl/N-ethyl adjacent to an activating group) is 1. The molecule has 1 N–H and O–H groups in total.